The van der Waals surface area contributed by atoms with Gasteiger partial charge < -0.3 is 10.3 Å². The highest BCUT2D eigenvalue weighted by atomic mass is 15.1. The van der Waals surface area contributed by atoms with E-state index in [0.29, 0.717) is 11.8 Å². The Hall–Kier alpha value is -0.990. The van der Waals surface area contributed by atoms with Crippen LogP contribution < -0.4 is 5.73 Å². The molecule has 1 aliphatic rings. The number of hydrogen-bond donors (Lipinski definition) is 1. The molecule has 102 valence electrons. The first kappa shape index (κ1) is 13.4. The summed E-state index contributed by atoms with van der Waals surface area (Å²) < 4.78 is 2.19. The number of nitrogens with two attached hydrogens (primary N) is 1. The summed E-state index contributed by atoms with van der Waals surface area (Å²) >= 11 is 0. The number of nitrogen functional groups attached to an aromatic ring is 1. The Balaban J connectivity index is 2.33. The molecule has 1 aliphatic carbocycles. The van der Waals surface area contributed by atoms with Gasteiger partial charge in [-0.15, -0.1) is 0 Å². The Kier molecular flexibility index (Phi) is 3.98. The number of aromatic nitrogens is 2. The van der Waals surface area contributed by atoms with Gasteiger partial charge in [-0.3, -0.25) is 0 Å². The molecule has 1 fully saturated rings. The van der Waals surface area contributed by atoms with E-state index in [2.05, 4.69) is 32.3 Å². The van der Waals surface area contributed by atoms with E-state index in [0.717, 1.165) is 24.1 Å². The average molecular weight is 249 g/mol. The van der Waals surface area contributed by atoms with Crippen molar-refractivity contribution >= 4 is 5.82 Å². The molecule has 2 unspecified atom stereocenters. The van der Waals surface area contributed by atoms with E-state index < -0.39 is 0 Å². The second-order valence-electron chi connectivity index (χ2n) is 6.11. The van der Waals surface area contributed by atoms with Gasteiger partial charge in [0.05, 0.1) is 5.69 Å². The van der Waals surface area contributed by atoms with Crippen LogP contribution >= 0.6 is 0 Å². The Morgan fingerprint density at radius 1 is 1.39 bits per heavy atom. The van der Waals surface area contributed by atoms with Crippen LogP contribution in [0.4, 0.5) is 5.82 Å². The highest BCUT2D eigenvalue weighted by Gasteiger charge is 2.26. The largest absolute Gasteiger partial charge is 0.384 e. The van der Waals surface area contributed by atoms with Crippen molar-refractivity contribution in [3.63, 3.8) is 0 Å². The van der Waals surface area contributed by atoms with Crippen molar-refractivity contribution in [1.82, 2.24) is 9.55 Å². The third-order valence-corrected chi connectivity index (χ3v) is 4.22. The van der Waals surface area contributed by atoms with Gasteiger partial charge in [-0.2, -0.15) is 0 Å². The van der Waals surface area contributed by atoms with Crippen LogP contribution in [0.15, 0.2) is 0 Å². The number of anilines is 1. The third-order valence-electron chi connectivity index (χ3n) is 4.22. The first-order chi connectivity index (χ1) is 8.54. The maximum atomic E-state index is 6.33. The molecular formula is C15H27N3. The molecule has 1 aromatic rings. The summed E-state index contributed by atoms with van der Waals surface area (Å²) in [6.07, 6.45) is 5.19. The fourth-order valence-corrected chi connectivity index (χ4v) is 3.26. The minimum absolute atomic E-state index is 0.446. The van der Waals surface area contributed by atoms with Crippen molar-refractivity contribution in [3.8, 4) is 0 Å². The predicted octanol–water partition coefficient (Wildman–Crippen LogP) is 3.90. The minimum Gasteiger partial charge on any atom is -0.384 e. The molecule has 3 nitrogen and oxygen atoms in total. The Morgan fingerprint density at radius 3 is 2.61 bits per heavy atom. The van der Waals surface area contributed by atoms with Crippen LogP contribution in [-0.2, 0) is 6.54 Å². The van der Waals surface area contributed by atoms with E-state index in [-0.39, 0.29) is 0 Å². The molecule has 1 heterocycles. The fraction of sp³-hybridized carbons (Fsp3) is 0.800. The van der Waals surface area contributed by atoms with E-state index in [1.54, 1.807) is 0 Å². The number of rotatable bonds is 3. The van der Waals surface area contributed by atoms with Gasteiger partial charge in [-0.05, 0) is 25.7 Å². The summed E-state index contributed by atoms with van der Waals surface area (Å²) in [5, 5.41) is 0. The molecule has 1 aromatic heterocycles. The number of imidazole rings is 1. The molecule has 0 radical (unpaired) electrons. The van der Waals surface area contributed by atoms with Gasteiger partial charge in [-0.25, -0.2) is 4.98 Å². The van der Waals surface area contributed by atoms with Gasteiger partial charge >= 0.3 is 0 Å². The van der Waals surface area contributed by atoms with Crippen LogP contribution in [0.3, 0.4) is 0 Å². The minimum atomic E-state index is 0.446. The van der Waals surface area contributed by atoms with Gasteiger partial charge in [0.25, 0.3) is 0 Å². The van der Waals surface area contributed by atoms with E-state index in [1.165, 1.54) is 31.4 Å². The van der Waals surface area contributed by atoms with E-state index in [9.17, 15) is 0 Å². The second kappa shape index (κ2) is 5.33. The summed E-state index contributed by atoms with van der Waals surface area (Å²) in [7, 11) is 0. The predicted molar refractivity (Wildman–Crippen MR) is 76.8 cm³/mol. The van der Waals surface area contributed by atoms with Crippen molar-refractivity contribution in [1.29, 1.82) is 0 Å². The summed E-state index contributed by atoms with van der Waals surface area (Å²) in [4.78, 5) is 4.88. The van der Waals surface area contributed by atoms with Crippen molar-refractivity contribution in [2.24, 2.45) is 5.92 Å². The highest BCUT2D eigenvalue weighted by molar-refractivity contribution is 5.41. The average Bonchev–Trinajstić information content (AvgIpc) is 2.66. The zero-order valence-corrected chi connectivity index (χ0v) is 12.2. The Labute approximate surface area is 111 Å². The summed E-state index contributed by atoms with van der Waals surface area (Å²) in [6.45, 7) is 9.82. The van der Waals surface area contributed by atoms with Crippen LogP contribution in [0.5, 0.6) is 0 Å². The van der Waals surface area contributed by atoms with Crippen LogP contribution in [-0.4, -0.2) is 9.55 Å². The Morgan fingerprint density at radius 2 is 2.11 bits per heavy atom. The zero-order valence-electron chi connectivity index (χ0n) is 12.2. The monoisotopic (exact) mass is 249 g/mol. The van der Waals surface area contributed by atoms with Gasteiger partial charge in [0.2, 0.25) is 0 Å². The van der Waals surface area contributed by atoms with Gasteiger partial charge in [0.1, 0.15) is 11.6 Å². The molecule has 0 aliphatic heterocycles. The van der Waals surface area contributed by atoms with E-state index in [4.69, 9.17) is 10.7 Å². The topological polar surface area (TPSA) is 43.8 Å². The number of hydrogen-bond acceptors (Lipinski definition) is 2. The molecule has 0 amide bonds. The molecule has 2 N–H and O–H groups in total. The lowest BCUT2D eigenvalue weighted by Gasteiger charge is -2.25. The smallest absolute Gasteiger partial charge is 0.127 e. The molecule has 3 heteroatoms. The molecule has 2 rings (SSSR count). The lowest BCUT2D eigenvalue weighted by molar-refractivity contribution is 0.341. The molecular weight excluding hydrogens is 222 g/mol. The van der Waals surface area contributed by atoms with Crippen molar-refractivity contribution < 1.29 is 0 Å². The normalized spacial score (nSPS) is 24.7. The first-order valence-electron chi connectivity index (χ1n) is 7.40. The zero-order chi connectivity index (χ0) is 13.3. The standard InChI is InChI=1S/C15H27N3/c1-5-18-14(16)13(17-15(18)10(2)3)12-8-6-7-11(4)9-12/h10-12H,5-9,16H2,1-4H3. The van der Waals surface area contributed by atoms with Gasteiger partial charge in [0, 0.05) is 18.4 Å². The maximum absolute atomic E-state index is 6.33. The third kappa shape index (κ3) is 2.40. The highest BCUT2D eigenvalue weighted by Crippen LogP contribution is 2.38. The first-order valence-corrected chi connectivity index (χ1v) is 7.40. The van der Waals surface area contributed by atoms with Crippen LogP contribution in [0, 0.1) is 5.92 Å². The lowest BCUT2D eigenvalue weighted by atomic mass is 9.81. The van der Waals surface area contributed by atoms with Crippen LogP contribution in [0.1, 0.15) is 76.7 Å². The SMILES string of the molecule is CCn1c(C(C)C)nc(C2CCCC(C)C2)c1N. The maximum Gasteiger partial charge on any atom is 0.127 e. The Bertz CT molecular complexity index is 406. The molecule has 0 saturated heterocycles. The van der Waals surface area contributed by atoms with Crippen molar-refractivity contribution in [2.45, 2.75) is 71.8 Å². The molecule has 2 atom stereocenters. The summed E-state index contributed by atoms with van der Waals surface area (Å²) in [6, 6.07) is 0. The number of nitrogens with zero attached hydrogens (tertiary/aromatic N) is 2. The fourth-order valence-electron chi connectivity index (χ4n) is 3.26. The molecule has 0 bridgehead atoms. The second-order valence-corrected chi connectivity index (χ2v) is 6.11. The molecule has 0 aromatic carbocycles. The van der Waals surface area contributed by atoms with Crippen molar-refractivity contribution in [2.75, 3.05) is 5.73 Å². The van der Waals surface area contributed by atoms with Crippen LogP contribution in [0.2, 0.25) is 0 Å². The molecule has 1 saturated carbocycles. The molecule has 0 spiro atoms. The van der Waals surface area contributed by atoms with E-state index in [1.807, 2.05) is 0 Å². The van der Waals surface area contributed by atoms with Gasteiger partial charge in [-0.1, -0.05) is 33.6 Å². The van der Waals surface area contributed by atoms with Gasteiger partial charge in [0.15, 0.2) is 0 Å². The molecule has 18 heavy (non-hydrogen) atoms. The summed E-state index contributed by atoms with van der Waals surface area (Å²) in [5.41, 5.74) is 7.50. The van der Waals surface area contributed by atoms with Crippen LogP contribution in [0.25, 0.3) is 0 Å². The quantitative estimate of drug-likeness (QED) is 0.882. The van der Waals surface area contributed by atoms with Crippen molar-refractivity contribution in [3.05, 3.63) is 11.5 Å². The lowest BCUT2D eigenvalue weighted by Crippen LogP contribution is -2.14. The van der Waals surface area contributed by atoms with E-state index >= 15 is 0 Å². The summed E-state index contributed by atoms with van der Waals surface area (Å²) in [5.74, 6) is 3.92.